The van der Waals surface area contributed by atoms with E-state index >= 15 is 0 Å². The van der Waals surface area contributed by atoms with Gasteiger partial charge < -0.3 is 15.0 Å². The summed E-state index contributed by atoms with van der Waals surface area (Å²) in [6, 6.07) is 9.09. The average molecular weight is 416 g/mol. The first-order valence-electron chi connectivity index (χ1n) is 10.9. The quantitative estimate of drug-likeness (QED) is 0.532. The molecule has 2 N–H and O–H groups in total. The zero-order valence-corrected chi connectivity index (χ0v) is 17.4. The van der Waals surface area contributed by atoms with E-state index in [0.717, 1.165) is 35.1 Å². The van der Waals surface area contributed by atoms with Crippen LogP contribution in [0.25, 0.3) is 33.5 Å². The molecule has 158 valence electrons. The second kappa shape index (κ2) is 7.16. The smallest absolute Gasteiger partial charge is 0.182 e. The number of aryl methyl sites for hydroxylation is 1. The van der Waals surface area contributed by atoms with E-state index in [0.29, 0.717) is 29.4 Å². The second-order valence-corrected chi connectivity index (χ2v) is 8.84. The van der Waals surface area contributed by atoms with Crippen LogP contribution in [0.15, 0.2) is 43.0 Å². The Labute approximate surface area is 179 Å². The average Bonchev–Trinajstić information content (AvgIpc) is 3.39. The monoisotopic (exact) mass is 415 g/mol. The lowest BCUT2D eigenvalue weighted by Gasteiger charge is -2.40. The van der Waals surface area contributed by atoms with Crippen molar-refractivity contribution in [2.45, 2.75) is 50.2 Å². The van der Waals surface area contributed by atoms with Crippen LogP contribution in [0.3, 0.4) is 0 Å². The number of hydrogen-bond donors (Lipinski definition) is 2. The minimum absolute atomic E-state index is 0.167. The molecule has 4 aromatic rings. The van der Waals surface area contributed by atoms with Gasteiger partial charge in [0.15, 0.2) is 5.65 Å². The number of aromatic nitrogens is 6. The molecule has 1 unspecified atom stereocenters. The molecule has 5 heterocycles. The molecule has 1 aromatic carbocycles. The van der Waals surface area contributed by atoms with Crippen LogP contribution in [0, 0.1) is 0 Å². The largest absolute Gasteiger partial charge is 0.507 e. The lowest BCUT2D eigenvalue weighted by atomic mass is 9.84. The SMILES string of the molecule is Cn1cc(-c2ccc(-c3cc4ncn(C5C[C@H]6CCC[C@@H](C5)N6)c4nn3)c(O)c2)cn1. The Morgan fingerprint density at radius 2 is 1.90 bits per heavy atom. The van der Waals surface area contributed by atoms with Crippen molar-refractivity contribution < 1.29 is 5.11 Å². The third-order valence-corrected chi connectivity index (χ3v) is 6.72. The first kappa shape index (κ1) is 18.5. The molecule has 2 saturated heterocycles. The van der Waals surface area contributed by atoms with Crippen molar-refractivity contribution in [3.8, 4) is 28.1 Å². The summed E-state index contributed by atoms with van der Waals surface area (Å²) in [6.45, 7) is 0. The van der Waals surface area contributed by atoms with Gasteiger partial charge in [-0.1, -0.05) is 12.5 Å². The number of phenolic OH excluding ortho intramolecular Hbond substituents is 1. The molecule has 2 aliphatic heterocycles. The van der Waals surface area contributed by atoms with Gasteiger partial charge >= 0.3 is 0 Å². The zero-order chi connectivity index (χ0) is 20.9. The molecule has 0 amide bonds. The predicted octanol–water partition coefficient (Wildman–Crippen LogP) is 3.45. The van der Waals surface area contributed by atoms with E-state index in [-0.39, 0.29) is 5.75 Å². The summed E-state index contributed by atoms with van der Waals surface area (Å²) in [5.74, 6) is 0.167. The first-order valence-corrected chi connectivity index (χ1v) is 10.9. The number of benzene rings is 1. The third kappa shape index (κ3) is 3.27. The summed E-state index contributed by atoms with van der Waals surface area (Å²) in [6.07, 6.45) is 11.7. The van der Waals surface area contributed by atoms with Crippen molar-refractivity contribution in [1.82, 2.24) is 34.8 Å². The number of fused-ring (bicyclic) bond motifs is 3. The summed E-state index contributed by atoms with van der Waals surface area (Å²) in [5.41, 5.74) is 4.76. The molecule has 0 saturated carbocycles. The lowest BCUT2D eigenvalue weighted by Crippen LogP contribution is -2.48. The Morgan fingerprint density at radius 3 is 2.65 bits per heavy atom. The van der Waals surface area contributed by atoms with E-state index in [1.165, 1.54) is 19.3 Å². The van der Waals surface area contributed by atoms with Gasteiger partial charge in [0.2, 0.25) is 0 Å². The predicted molar refractivity (Wildman–Crippen MR) is 117 cm³/mol. The van der Waals surface area contributed by atoms with Gasteiger partial charge in [-0.2, -0.15) is 5.10 Å². The van der Waals surface area contributed by atoms with E-state index in [2.05, 4.69) is 30.2 Å². The highest BCUT2D eigenvalue weighted by Gasteiger charge is 2.32. The van der Waals surface area contributed by atoms with Crippen LogP contribution in [0.5, 0.6) is 5.75 Å². The van der Waals surface area contributed by atoms with E-state index in [9.17, 15) is 5.11 Å². The van der Waals surface area contributed by atoms with Crippen LogP contribution in [-0.2, 0) is 7.05 Å². The number of piperidine rings is 2. The summed E-state index contributed by atoms with van der Waals surface area (Å²) < 4.78 is 3.94. The van der Waals surface area contributed by atoms with E-state index in [4.69, 9.17) is 0 Å². The van der Waals surface area contributed by atoms with E-state index in [1.807, 2.05) is 37.8 Å². The molecule has 3 atom stereocenters. The minimum atomic E-state index is 0.167. The molecule has 8 nitrogen and oxygen atoms in total. The van der Waals surface area contributed by atoms with Crippen LogP contribution in [0.4, 0.5) is 0 Å². The second-order valence-electron chi connectivity index (χ2n) is 8.84. The van der Waals surface area contributed by atoms with Crippen molar-refractivity contribution in [3.63, 3.8) is 0 Å². The van der Waals surface area contributed by atoms with Gasteiger partial charge in [-0.05, 0) is 49.4 Å². The van der Waals surface area contributed by atoms with E-state index < -0.39 is 0 Å². The van der Waals surface area contributed by atoms with Crippen molar-refractivity contribution in [3.05, 3.63) is 43.0 Å². The summed E-state index contributed by atoms with van der Waals surface area (Å²) in [4.78, 5) is 4.62. The number of hydrogen-bond acceptors (Lipinski definition) is 6. The Balaban J connectivity index is 1.31. The fourth-order valence-corrected chi connectivity index (χ4v) is 5.19. The highest BCUT2D eigenvalue weighted by molar-refractivity contribution is 5.79. The lowest BCUT2D eigenvalue weighted by molar-refractivity contribution is 0.190. The van der Waals surface area contributed by atoms with Crippen molar-refractivity contribution in [2.24, 2.45) is 7.05 Å². The fraction of sp³-hybridized carbons (Fsp3) is 0.391. The molecule has 0 aliphatic carbocycles. The Bertz CT molecular complexity index is 1250. The van der Waals surface area contributed by atoms with Gasteiger partial charge in [0.1, 0.15) is 11.3 Å². The molecule has 6 rings (SSSR count). The maximum atomic E-state index is 10.7. The zero-order valence-electron chi connectivity index (χ0n) is 17.4. The number of aromatic hydroxyl groups is 1. The van der Waals surface area contributed by atoms with Gasteiger partial charge in [0.25, 0.3) is 0 Å². The molecule has 2 fully saturated rings. The van der Waals surface area contributed by atoms with E-state index in [1.54, 1.807) is 16.9 Å². The van der Waals surface area contributed by atoms with Crippen LogP contribution < -0.4 is 5.32 Å². The number of phenols is 1. The normalized spacial score (nSPS) is 23.3. The maximum absolute atomic E-state index is 10.7. The molecule has 0 spiro atoms. The molecule has 2 bridgehead atoms. The van der Waals surface area contributed by atoms with Gasteiger partial charge in [-0.3, -0.25) is 4.68 Å². The Hall–Kier alpha value is -3.26. The summed E-state index contributed by atoms with van der Waals surface area (Å²) in [5, 5.41) is 27.6. The van der Waals surface area contributed by atoms with Crippen molar-refractivity contribution in [2.75, 3.05) is 0 Å². The van der Waals surface area contributed by atoms with Gasteiger partial charge in [0, 0.05) is 42.5 Å². The molecular weight excluding hydrogens is 390 g/mol. The number of rotatable bonds is 3. The molecule has 8 heteroatoms. The van der Waals surface area contributed by atoms with Crippen molar-refractivity contribution in [1.29, 1.82) is 0 Å². The Kier molecular flexibility index (Phi) is 4.27. The third-order valence-electron chi connectivity index (χ3n) is 6.72. The number of nitrogens with zero attached hydrogens (tertiary/aromatic N) is 6. The highest BCUT2D eigenvalue weighted by atomic mass is 16.3. The standard InChI is InChI=1S/C23H25N7O/c1-29-12-15(11-25-29)14-5-6-19(22(31)7-14)20-10-21-23(28-27-20)30(13-24-21)18-8-16-3-2-4-17(9-18)26-16/h5-7,10-13,16-18,26,31H,2-4,8-9H2,1H3/t16-,17+,18?. The molecule has 2 aliphatic rings. The number of nitrogens with one attached hydrogen (secondary N) is 1. The topological polar surface area (TPSA) is 93.7 Å². The van der Waals surface area contributed by atoms with Gasteiger partial charge in [-0.15, -0.1) is 10.2 Å². The minimum Gasteiger partial charge on any atom is -0.507 e. The van der Waals surface area contributed by atoms with Crippen molar-refractivity contribution >= 4 is 11.2 Å². The number of imidazole rings is 1. The van der Waals surface area contributed by atoms with Crippen LogP contribution in [0.1, 0.15) is 38.1 Å². The molecule has 0 radical (unpaired) electrons. The van der Waals surface area contributed by atoms with Crippen LogP contribution in [0.2, 0.25) is 0 Å². The maximum Gasteiger partial charge on any atom is 0.182 e. The van der Waals surface area contributed by atoms with Gasteiger partial charge in [-0.25, -0.2) is 4.98 Å². The molecular formula is C23H25N7O. The molecule has 3 aromatic heterocycles. The summed E-state index contributed by atoms with van der Waals surface area (Å²) in [7, 11) is 1.87. The summed E-state index contributed by atoms with van der Waals surface area (Å²) >= 11 is 0. The first-order chi connectivity index (χ1) is 15.1. The molecule has 31 heavy (non-hydrogen) atoms. The van der Waals surface area contributed by atoms with Crippen LogP contribution >= 0.6 is 0 Å². The highest BCUT2D eigenvalue weighted by Crippen LogP contribution is 2.36. The van der Waals surface area contributed by atoms with Gasteiger partial charge in [0.05, 0.1) is 18.2 Å². The Morgan fingerprint density at radius 1 is 1.06 bits per heavy atom. The van der Waals surface area contributed by atoms with Crippen LogP contribution in [-0.4, -0.2) is 46.7 Å². The fourth-order valence-electron chi connectivity index (χ4n) is 5.19.